The second kappa shape index (κ2) is 7.43. The van der Waals surface area contributed by atoms with Gasteiger partial charge in [0.05, 0.1) is 19.3 Å². The Morgan fingerprint density at radius 2 is 2.11 bits per heavy atom. The van der Waals surface area contributed by atoms with E-state index < -0.39 is 6.10 Å². The Hall–Kier alpha value is -1.16. The third-order valence-corrected chi connectivity index (χ3v) is 3.28. The topological polar surface area (TPSA) is 32.7 Å². The number of hydrogen-bond acceptors (Lipinski definition) is 3. The summed E-state index contributed by atoms with van der Waals surface area (Å²) < 4.78 is 5.30. The molecule has 0 heterocycles. The van der Waals surface area contributed by atoms with Crippen LogP contribution in [0.5, 0.6) is 0 Å². The van der Waals surface area contributed by atoms with Crippen molar-refractivity contribution in [2.24, 2.45) is 0 Å². The van der Waals surface area contributed by atoms with Crippen LogP contribution in [-0.4, -0.2) is 41.9 Å². The van der Waals surface area contributed by atoms with Gasteiger partial charge in [-0.1, -0.05) is 36.4 Å². The fourth-order valence-corrected chi connectivity index (χ4v) is 2.21. The molecule has 0 spiro atoms. The van der Waals surface area contributed by atoms with Crippen molar-refractivity contribution in [1.82, 2.24) is 4.90 Å². The second-order valence-electron chi connectivity index (χ2n) is 5.13. The predicted octanol–water partition coefficient (Wildman–Crippen LogP) is 2.21. The van der Waals surface area contributed by atoms with Crippen LogP contribution in [0.15, 0.2) is 43.0 Å². The first-order chi connectivity index (χ1) is 9.29. The van der Waals surface area contributed by atoms with E-state index in [0.717, 1.165) is 6.54 Å². The highest BCUT2D eigenvalue weighted by molar-refractivity contribution is 5.15. The molecule has 1 aliphatic rings. The number of nitrogens with zero attached hydrogens (tertiary/aromatic N) is 1. The van der Waals surface area contributed by atoms with Crippen LogP contribution in [0.25, 0.3) is 0 Å². The number of ether oxygens (including phenoxy) is 1. The molecule has 1 aromatic carbocycles. The zero-order valence-electron chi connectivity index (χ0n) is 11.4. The number of hydrogen-bond donors (Lipinski definition) is 1. The molecule has 0 amide bonds. The van der Waals surface area contributed by atoms with Crippen molar-refractivity contribution >= 4 is 0 Å². The van der Waals surface area contributed by atoms with Crippen LogP contribution in [0.1, 0.15) is 18.4 Å². The maximum Gasteiger partial charge on any atom is 0.0900 e. The molecule has 1 fully saturated rings. The summed E-state index contributed by atoms with van der Waals surface area (Å²) >= 11 is 0. The average Bonchev–Trinajstić information content (AvgIpc) is 3.24. The summed E-state index contributed by atoms with van der Waals surface area (Å²) in [5.74, 6) is 0. The van der Waals surface area contributed by atoms with E-state index in [4.69, 9.17) is 4.74 Å². The van der Waals surface area contributed by atoms with Gasteiger partial charge in [0.1, 0.15) is 0 Å². The van der Waals surface area contributed by atoms with Crippen molar-refractivity contribution in [3.8, 4) is 0 Å². The summed E-state index contributed by atoms with van der Waals surface area (Å²) in [6.07, 6.45) is 3.76. The summed E-state index contributed by atoms with van der Waals surface area (Å²) in [7, 11) is 0. The summed E-state index contributed by atoms with van der Waals surface area (Å²) in [4.78, 5) is 2.36. The third kappa shape index (κ3) is 5.15. The molecule has 0 aliphatic heterocycles. The first kappa shape index (κ1) is 14.3. The first-order valence-corrected chi connectivity index (χ1v) is 6.94. The number of rotatable bonds is 9. The molecule has 0 saturated heterocycles. The molecular formula is C16H23NO2. The highest BCUT2D eigenvalue weighted by atomic mass is 16.5. The maximum absolute atomic E-state index is 10.00. The van der Waals surface area contributed by atoms with Crippen LogP contribution in [0.2, 0.25) is 0 Å². The molecule has 3 heteroatoms. The van der Waals surface area contributed by atoms with Gasteiger partial charge in [-0.3, -0.25) is 4.90 Å². The monoisotopic (exact) mass is 261 g/mol. The van der Waals surface area contributed by atoms with Crippen LogP contribution >= 0.6 is 0 Å². The Balaban J connectivity index is 1.81. The largest absolute Gasteiger partial charge is 0.389 e. The first-order valence-electron chi connectivity index (χ1n) is 6.94. The Morgan fingerprint density at radius 3 is 2.74 bits per heavy atom. The molecule has 0 aromatic heterocycles. The normalized spacial score (nSPS) is 16.5. The smallest absolute Gasteiger partial charge is 0.0900 e. The fourth-order valence-electron chi connectivity index (χ4n) is 2.21. The molecule has 2 rings (SSSR count). The van der Waals surface area contributed by atoms with Crippen molar-refractivity contribution in [3.63, 3.8) is 0 Å². The van der Waals surface area contributed by atoms with E-state index in [2.05, 4.69) is 35.7 Å². The van der Waals surface area contributed by atoms with E-state index >= 15 is 0 Å². The number of aliphatic hydroxyl groups excluding tert-OH is 1. The molecule has 0 unspecified atom stereocenters. The van der Waals surface area contributed by atoms with E-state index in [1.54, 1.807) is 6.08 Å². The van der Waals surface area contributed by atoms with Gasteiger partial charge in [-0.05, 0) is 18.4 Å². The van der Waals surface area contributed by atoms with Gasteiger partial charge in [0.25, 0.3) is 0 Å². The lowest BCUT2D eigenvalue weighted by atomic mass is 10.2. The molecular weight excluding hydrogens is 238 g/mol. The predicted molar refractivity (Wildman–Crippen MR) is 76.9 cm³/mol. The Labute approximate surface area is 115 Å². The fraction of sp³-hybridized carbons (Fsp3) is 0.500. The highest BCUT2D eigenvalue weighted by Crippen LogP contribution is 2.28. The van der Waals surface area contributed by atoms with Crippen molar-refractivity contribution in [1.29, 1.82) is 0 Å². The van der Waals surface area contributed by atoms with E-state index in [1.807, 2.05) is 6.07 Å². The van der Waals surface area contributed by atoms with Gasteiger partial charge >= 0.3 is 0 Å². The van der Waals surface area contributed by atoms with Gasteiger partial charge < -0.3 is 9.84 Å². The van der Waals surface area contributed by atoms with Crippen LogP contribution in [0, 0.1) is 0 Å². The third-order valence-electron chi connectivity index (χ3n) is 3.28. The number of aliphatic hydroxyl groups is 1. The number of benzene rings is 1. The standard InChI is InChI=1S/C16H23NO2/c1-2-10-19-13-16(18)12-17(15-8-9-15)11-14-6-4-3-5-7-14/h2-7,15-16,18H,1,8-13H2/t16-/m0/s1. The molecule has 1 N–H and O–H groups in total. The van der Waals surface area contributed by atoms with Gasteiger partial charge in [0.15, 0.2) is 0 Å². The lowest BCUT2D eigenvalue weighted by Crippen LogP contribution is -2.36. The molecule has 1 atom stereocenters. The van der Waals surface area contributed by atoms with Gasteiger partial charge in [0.2, 0.25) is 0 Å². The van der Waals surface area contributed by atoms with Crippen molar-refractivity contribution in [2.45, 2.75) is 31.5 Å². The molecule has 1 aromatic rings. The molecule has 104 valence electrons. The van der Waals surface area contributed by atoms with E-state index in [1.165, 1.54) is 18.4 Å². The van der Waals surface area contributed by atoms with Gasteiger partial charge in [-0.15, -0.1) is 6.58 Å². The van der Waals surface area contributed by atoms with Gasteiger partial charge in [-0.2, -0.15) is 0 Å². The zero-order chi connectivity index (χ0) is 13.5. The van der Waals surface area contributed by atoms with Crippen LogP contribution in [0.4, 0.5) is 0 Å². The Kier molecular flexibility index (Phi) is 5.58. The summed E-state index contributed by atoms with van der Waals surface area (Å²) in [5, 5.41) is 10.00. The van der Waals surface area contributed by atoms with Crippen LogP contribution in [-0.2, 0) is 11.3 Å². The maximum atomic E-state index is 10.00. The van der Waals surface area contributed by atoms with Crippen LogP contribution in [0.3, 0.4) is 0 Å². The van der Waals surface area contributed by atoms with Gasteiger partial charge in [0, 0.05) is 19.1 Å². The Morgan fingerprint density at radius 1 is 1.37 bits per heavy atom. The Bertz CT molecular complexity index is 376. The van der Waals surface area contributed by atoms with E-state index in [0.29, 0.717) is 25.8 Å². The highest BCUT2D eigenvalue weighted by Gasteiger charge is 2.30. The molecule has 0 radical (unpaired) electrons. The van der Waals surface area contributed by atoms with Crippen LogP contribution < -0.4 is 0 Å². The lowest BCUT2D eigenvalue weighted by Gasteiger charge is -2.25. The molecule has 19 heavy (non-hydrogen) atoms. The van der Waals surface area contributed by atoms with E-state index in [-0.39, 0.29) is 0 Å². The molecule has 0 bridgehead atoms. The molecule has 1 aliphatic carbocycles. The minimum atomic E-state index is -0.427. The average molecular weight is 261 g/mol. The summed E-state index contributed by atoms with van der Waals surface area (Å²) in [6, 6.07) is 11.1. The minimum absolute atomic E-state index is 0.379. The molecule has 3 nitrogen and oxygen atoms in total. The summed E-state index contributed by atoms with van der Waals surface area (Å²) in [5.41, 5.74) is 1.30. The van der Waals surface area contributed by atoms with Gasteiger partial charge in [-0.25, -0.2) is 0 Å². The zero-order valence-corrected chi connectivity index (χ0v) is 11.4. The minimum Gasteiger partial charge on any atom is -0.389 e. The van der Waals surface area contributed by atoms with Crippen molar-refractivity contribution in [2.75, 3.05) is 19.8 Å². The van der Waals surface area contributed by atoms with E-state index in [9.17, 15) is 5.11 Å². The SMILES string of the molecule is C=CCOC[C@@H](O)CN(Cc1ccccc1)C1CC1. The quantitative estimate of drug-likeness (QED) is 0.546. The van der Waals surface area contributed by atoms with Crippen molar-refractivity contribution in [3.05, 3.63) is 48.6 Å². The van der Waals surface area contributed by atoms with Crippen molar-refractivity contribution < 1.29 is 9.84 Å². The summed E-state index contributed by atoms with van der Waals surface area (Å²) in [6.45, 7) is 6.06. The lowest BCUT2D eigenvalue weighted by molar-refractivity contribution is 0.0228. The molecule has 1 saturated carbocycles. The second-order valence-corrected chi connectivity index (χ2v) is 5.13.